The van der Waals surface area contributed by atoms with Gasteiger partial charge in [0.25, 0.3) is 0 Å². The standard InChI is InChI=1S/C32H36O3SSi/c1-37(2,3)31(36-28-22-14-7-15-23-28)30(34)29(33)24-35-32(25-16-8-4-9-17-25,26-18-10-5-11-19-26)27-20-12-6-13-21-27/h4-23,29-31,33-34H,24H2,1-3H3/t29-,30-,31+/m1/s1. The normalized spacial score (nSPS) is 14.6. The monoisotopic (exact) mass is 528 g/mol. The van der Waals surface area contributed by atoms with Crippen LogP contribution in [0.25, 0.3) is 0 Å². The second kappa shape index (κ2) is 12.2. The van der Waals surface area contributed by atoms with Crippen molar-refractivity contribution in [3.05, 3.63) is 138 Å². The Balaban J connectivity index is 1.68. The van der Waals surface area contributed by atoms with E-state index in [1.165, 1.54) is 0 Å². The summed E-state index contributed by atoms with van der Waals surface area (Å²) in [7, 11) is -1.86. The highest BCUT2D eigenvalue weighted by Crippen LogP contribution is 2.41. The molecule has 0 amide bonds. The van der Waals surface area contributed by atoms with Gasteiger partial charge in [-0.1, -0.05) is 129 Å². The lowest BCUT2D eigenvalue weighted by molar-refractivity contribution is -0.0750. The van der Waals surface area contributed by atoms with Gasteiger partial charge in [0.1, 0.15) is 11.7 Å². The highest BCUT2D eigenvalue weighted by atomic mass is 32.2. The molecule has 3 nitrogen and oxygen atoms in total. The van der Waals surface area contributed by atoms with Crippen LogP contribution in [-0.4, -0.2) is 42.0 Å². The van der Waals surface area contributed by atoms with Crippen molar-refractivity contribution < 1.29 is 14.9 Å². The molecule has 0 unspecified atom stereocenters. The highest BCUT2D eigenvalue weighted by molar-refractivity contribution is 8.01. The van der Waals surface area contributed by atoms with Gasteiger partial charge in [0.05, 0.1) is 20.8 Å². The van der Waals surface area contributed by atoms with Crippen LogP contribution in [0.3, 0.4) is 0 Å². The Labute approximate surface area is 226 Å². The van der Waals surface area contributed by atoms with Crippen LogP contribution >= 0.6 is 11.8 Å². The Morgan fingerprint density at radius 2 is 1.03 bits per heavy atom. The van der Waals surface area contributed by atoms with Gasteiger partial charge in [0, 0.05) is 9.77 Å². The first kappa shape index (κ1) is 27.4. The third-order valence-corrected chi connectivity index (χ3v) is 12.2. The maximum Gasteiger partial charge on any atom is 0.143 e. The van der Waals surface area contributed by atoms with Gasteiger partial charge in [-0.3, -0.25) is 0 Å². The summed E-state index contributed by atoms with van der Waals surface area (Å²) >= 11 is 1.65. The summed E-state index contributed by atoms with van der Waals surface area (Å²) in [4.78, 5) is 0.988. The molecule has 0 spiro atoms. The first-order chi connectivity index (χ1) is 17.8. The fourth-order valence-corrected chi connectivity index (χ4v) is 8.68. The molecule has 192 valence electrons. The Hall–Kier alpha value is -2.67. The summed E-state index contributed by atoms with van der Waals surface area (Å²) < 4.78 is 6.78. The average Bonchev–Trinajstić information content (AvgIpc) is 2.93. The fraction of sp³-hybridized carbons (Fsp3) is 0.250. The summed E-state index contributed by atoms with van der Waals surface area (Å²) in [6.07, 6.45) is -1.99. The lowest BCUT2D eigenvalue weighted by atomic mass is 9.80. The number of aliphatic hydroxyl groups is 2. The van der Waals surface area contributed by atoms with E-state index >= 15 is 0 Å². The number of hydrogen-bond donors (Lipinski definition) is 2. The van der Waals surface area contributed by atoms with Gasteiger partial charge in [-0.2, -0.15) is 0 Å². The quantitative estimate of drug-likeness (QED) is 0.128. The third-order valence-electron chi connectivity index (χ3n) is 6.58. The van der Waals surface area contributed by atoms with Crippen LogP contribution in [0, 0.1) is 0 Å². The van der Waals surface area contributed by atoms with Crippen molar-refractivity contribution >= 4 is 19.8 Å². The molecule has 4 aromatic rings. The minimum absolute atomic E-state index is 0.0177. The molecule has 0 fully saturated rings. The molecule has 0 saturated carbocycles. The van der Waals surface area contributed by atoms with Gasteiger partial charge in [-0.25, -0.2) is 0 Å². The number of rotatable bonds is 11. The Morgan fingerprint density at radius 3 is 1.41 bits per heavy atom. The topological polar surface area (TPSA) is 49.7 Å². The SMILES string of the molecule is C[Si](C)(C)[C@H](Sc1ccccc1)[C@H](O)[C@H](O)COC(c1ccccc1)(c1ccccc1)c1ccccc1. The lowest BCUT2D eigenvalue weighted by Crippen LogP contribution is -2.51. The molecule has 5 heteroatoms. The summed E-state index contributed by atoms with van der Waals surface area (Å²) in [6.45, 7) is 6.67. The zero-order valence-electron chi connectivity index (χ0n) is 21.7. The van der Waals surface area contributed by atoms with E-state index in [4.69, 9.17) is 4.74 Å². The number of thioether (sulfide) groups is 1. The van der Waals surface area contributed by atoms with Gasteiger partial charge in [0.15, 0.2) is 0 Å². The zero-order chi connectivity index (χ0) is 26.3. The molecule has 3 atom stereocenters. The predicted molar refractivity (Wildman–Crippen MR) is 157 cm³/mol. The molecule has 0 radical (unpaired) electrons. The van der Waals surface area contributed by atoms with Crippen LogP contribution in [0.4, 0.5) is 0 Å². The van der Waals surface area contributed by atoms with Crippen molar-refractivity contribution in [1.82, 2.24) is 0 Å². The van der Waals surface area contributed by atoms with Crippen molar-refractivity contribution in [3.8, 4) is 0 Å². The molecule has 2 N–H and O–H groups in total. The molecule has 0 aliphatic carbocycles. The van der Waals surface area contributed by atoms with Crippen molar-refractivity contribution in [2.75, 3.05) is 6.61 Å². The molecule has 0 saturated heterocycles. The van der Waals surface area contributed by atoms with Gasteiger partial charge < -0.3 is 14.9 Å². The molecular formula is C32H36O3SSi. The van der Waals surface area contributed by atoms with Crippen LogP contribution in [0.15, 0.2) is 126 Å². The van der Waals surface area contributed by atoms with Crippen molar-refractivity contribution in [3.63, 3.8) is 0 Å². The Morgan fingerprint density at radius 1 is 0.649 bits per heavy atom. The van der Waals surface area contributed by atoms with Crippen LogP contribution in [0.5, 0.6) is 0 Å². The maximum atomic E-state index is 11.5. The molecule has 0 aliphatic heterocycles. The number of benzene rings is 4. The summed E-state index contributed by atoms with van der Waals surface area (Å²) in [5, 5.41) is 22.8. The second-order valence-corrected chi connectivity index (χ2v) is 17.4. The van der Waals surface area contributed by atoms with Crippen LogP contribution in [0.2, 0.25) is 19.6 Å². The number of hydrogen-bond acceptors (Lipinski definition) is 4. The van der Waals surface area contributed by atoms with Crippen LogP contribution in [0.1, 0.15) is 16.7 Å². The first-order valence-corrected chi connectivity index (χ1v) is 17.2. The molecule has 0 aliphatic rings. The molecule has 4 aromatic carbocycles. The van der Waals surface area contributed by atoms with E-state index in [1.807, 2.05) is 72.8 Å². The van der Waals surface area contributed by atoms with E-state index in [1.54, 1.807) is 11.8 Å². The van der Waals surface area contributed by atoms with Gasteiger partial charge >= 0.3 is 0 Å². The predicted octanol–water partition coefficient (Wildman–Crippen LogP) is 6.76. The molecule has 4 rings (SSSR count). The van der Waals surface area contributed by atoms with Gasteiger partial charge in [-0.15, -0.1) is 11.8 Å². The van der Waals surface area contributed by atoms with Crippen LogP contribution in [-0.2, 0) is 10.3 Å². The minimum atomic E-state index is -1.86. The lowest BCUT2D eigenvalue weighted by Gasteiger charge is -2.39. The molecule has 0 heterocycles. The van der Waals surface area contributed by atoms with Crippen molar-refractivity contribution in [2.24, 2.45) is 0 Å². The summed E-state index contributed by atoms with van der Waals surface area (Å²) in [5.41, 5.74) is 1.96. The van der Waals surface area contributed by atoms with E-state index in [0.717, 1.165) is 21.6 Å². The summed E-state index contributed by atoms with van der Waals surface area (Å²) in [5.74, 6) is 0. The molecule has 0 bridgehead atoms. The van der Waals surface area contributed by atoms with Gasteiger partial charge in [0.2, 0.25) is 0 Å². The van der Waals surface area contributed by atoms with E-state index in [9.17, 15) is 10.2 Å². The zero-order valence-corrected chi connectivity index (χ0v) is 23.5. The van der Waals surface area contributed by atoms with E-state index < -0.39 is 25.9 Å². The number of aliphatic hydroxyl groups excluding tert-OH is 2. The third kappa shape index (κ3) is 6.43. The molecular weight excluding hydrogens is 493 g/mol. The highest BCUT2D eigenvalue weighted by Gasteiger charge is 2.41. The smallest absolute Gasteiger partial charge is 0.143 e. The second-order valence-electron chi connectivity index (χ2n) is 10.4. The Bertz CT molecular complexity index is 1120. The van der Waals surface area contributed by atoms with Crippen molar-refractivity contribution in [2.45, 2.75) is 47.2 Å². The fourth-order valence-electron chi connectivity index (χ4n) is 4.68. The minimum Gasteiger partial charge on any atom is -0.389 e. The largest absolute Gasteiger partial charge is 0.389 e. The van der Waals surface area contributed by atoms with E-state index in [2.05, 4.69) is 68.2 Å². The summed E-state index contributed by atoms with van der Waals surface area (Å²) in [6, 6.07) is 40.4. The maximum absolute atomic E-state index is 11.5. The van der Waals surface area contributed by atoms with E-state index in [0.29, 0.717) is 0 Å². The average molecular weight is 529 g/mol. The first-order valence-electron chi connectivity index (χ1n) is 12.7. The Kier molecular flexibility index (Phi) is 9.06. The molecule has 0 aromatic heterocycles. The molecule has 37 heavy (non-hydrogen) atoms. The van der Waals surface area contributed by atoms with Crippen molar-refractivity contribution in [1.29, 1.82) is 0 Å². The van der Waals surface area contributed by atoms with Crippen LogP contribution < -0.4 is 0 Å². The van der Waals surface area contributed by atoms with E-state index in [-0.39, 0.29) is 11.5 Å². The number of ether oxygens (including phenoxy) is 1. The van der Waals surface area contributed by atoms with Gasteiger partial charge in [-0.05, 0) is 28.8 Å².